The van der Waals surface area contributed by atoms with Crippen molar-refractivity contribution in [1.82, 2.24) is 25.8 Å². The molecule has 3 aliphatic rings. The third-order valence-corrected chi connectivity index (χ3v) is 16.6. The number of terminal acetylenes is 1. The number of methoxy groups -OCH3 is 4. The molecule has 6 amide bonds. The molecule has 0 saturated carbocycles. The predicted octanol–water partition coefficient (Wildman–Crippen LogP) is 8.93. The molecule has 33 heteroatoms. The summed E-state index contributed by atoms with van der Waals surface area (Å²) in [4.78, 5) is 75.0. The second-order valence-electron chi connectivity index (χ2n) is 17.5. The highest BCUT2D eigenvalue weighted by Gasteiger charge is 2.50. The van der Waals surface area contributed by atoms with Crippen LogP contribution in [0.2, 0.25) is 0 Å². The number of nitrogens with zero attached hydrogens (tertiary/aromatic N) is 2. The van der Waals surface area contributed by atoms with Gasteiger partial charge in [-0.05, 0) is 120 Å². The summed E-state index contributed by atoms with van der Waals surface area (Å²) in [5, 5.41) is 6.75. The van der Waals surface area contributed by atoms with Gasteiger partial charge in [0.05, 0.1) is 51.3 Å². The third kappa shape index (κ3) is 16.7. The maximum Gasteiger partial charge on any atom is 0.501 e. The van der Waals surface area contributed by atoms with Crippen LogP contribution in [0.1, 0.15) is 37.4 Å². The second kappa shape index (κ2) is 27.6. The van der Waals surface area contributed by atoms with Gasteiger partial charge in [-0.15, -0.1) is 6.42 Å². The summed E-state index contributed by atoms with van der Waals surface area (Å²) in [5.74, 6) is 5.97. The Kier molecular flexibility index (Phi) is 22.1. The normalized spacial score (nSPS) is 16.0. The number of nitrogens with one attached hydrogen (secondary N) is 3. The minimum absolute atomic E-state index is 0.0835. The summed E-state index contributed by atoms with van der Waals surface area (Å²) < 4.78 is 175. The maximum absolute atomic E-state index is 12.9. The number of rotatable bonds is 11. The molecule has 0 spiro atoms. The predicted molar refractivity (Wildman–Crippen MR) is 294 cm³/mol. The third-order valence-electron chi connectivity index (χ3n) is 11.8. The summed E-state index contributed by atoms with van der Waals surface area (Å²) in [6.07, 6.45) is 4.57. The van der Waals surface area contributed by atoms with Crippen molar-refractivity contribution >= 4 is 99.1 Å². The molecular weight excluding hydrogens is 1360 g/mol. The lowest BCUT2D eigenvalue weighted by atomic mass is 9.99. The highest BCUT2D eigenvalue weighted by molar-refractivity contribution is 9.10. The molecule has 1 saturated heterocycles. The Hall–Kier alpha value is -7.98. The number of esters is 1. The Morgan fingerprint density at radius 1 is 0.674 bits per heavy atom. The first-order valence-electron chi connectivity index (χ1n) is 23.5. The number of benzene rings is 5. The van der Waals surface area contributed by atoms with Crippen LogP contribution in [-0.4, -0.2) is 132 Å². The molecule has 2 atom stereocenters. The fraction of sp³-hybridized carbons (Fsp3) is 0.245. The van der Waals surface area contributed by atoms with Gasteiger partial charge in [0.1, 0.15) is 11.5 Å². The van der Waals surface area contributed by atoms with Gasteiger partial charge in [-0.2, -0.15) is 39.5 Å². The van der Waals surface area contributed by atoms with Crippen LogP contribution in [0.4, 0.5) is 49.1 Å². The van der Waals surface area contributed by atoms with Crippen LogP contribution in [0.15, 0.2) is 133 Å². The molecule has 0 bridgehead atoms. The molecule has 8 rings (SSSR count). The first-order valence-corrected chi connectivity index (χ1v) is 28.9. The van der Waals surface area contributed by atoms with Crippen LogP contribution in [0, 0.1) is 24.2 Å². The van der Waals surface area contributed by atoms with Crippen molar-refractivity contribution in [2.75, 3.05) is 41.5 Å². The number of carbonyl (C=O) groups is 6. The van der Waals surface area contributed by atoms with Crippen molar-refractivity contribution in [3.8, 4) is 35.7 Å². The average molecular weight is 1400 g/mol. The molecule has 86 heavy (non-hydrogen) atoms. The minimum atomic E-state index is -5.53. The summed E-state index contributed by atoms with van der Waals surface area (Å²) in [6, 6.07) is 23.0. The highest BCUT2D eigenvalue weighted by Crippen LogP contribution is 2.38. The maximum atomic E-state index is 12.9. The van der Waals surface area contributed by atoms with E-state index in [4.69, 9.17) is 20.6 Å². The van der Waals surface area contributed by atoms with Crippen LogP contribution in [0.3, 0.4) is 0 Å². The number of thioether (sulfide) groups is 1. The molecule has 3 aliphatic heterocycles. The monoisotopic (exact) mass is 1400 g/mol. The minimum Gasteiger partial charge on any atom is -0.497 e. The molecule has 5 aromatic carbocycles. The number of amides is 6. The van der Waals surface area contributed by atoms with E-state index >= 15 is 0 Å². The first kappa shape index (κ1) is 68.8. The molecule has 458 valence electrons. The SMILES string of the molecule is C#C[C@](CN1Cc2ccc(OC)cc2C1=O)(NC(=O)OC)C(=O)OC.COc1ccc2c(c1)C(=O)N(C[C@@]1(C#Cc3ccc(S(=O)(=O)C(F)(F)F)cc3)NC(=O)NC1=O)C2.FC(F)(F)Sc1ccc(Br)cc1.O=S(=O)(c1ccc(Br)cc1)C(F)(F)F. The van der Waals surface area contributed by atoms with Crippen molar-refractivity contribution in [2.24, 2.45) is 0 Å². The highest BCUT2D eigenvalue weighted by atomic mass is 79.9. The van der Waals surface area contributed by atoms with Crippen LogP contribution >= 0.6 is 43.6 Å². The first-order chi connectivity index (χ1) is 40.0. The molecule has 0 aliphatic carbocycles. The van der Waals surface area contributed by atoms with E-state index in [9.17, 15) is 85.1 Å². The van der Waals surface area contributed by atoms with Crippen LogP contribution < -0.4 is 25.4 Å². The van der Waals surface area contributed by atoms with Crippen LogP contribution in [-0.2, 0) is 51.8 Å². The zero-order valence-electron chi connectivity index (χ0n) is 44.3. The number of hydrogen-bond donors (Lipinski definition) is 3. The number of sulfone groups is 2. The van der Waals surface area contributed by atoms with Gasteiger partial charge in [-0.1, -0.05) is 61.8 Å². The molecule has 0 radical (unpaired) electrons. The van der Waals surface area contributed by atoms with Gasteiger partial charge in [0.2, 0.25) is 11.1 Å². The number of ether oxygens (including phenoxy) is 4. The Labute approximate surface area is 504 Å². The van der Waals surface area contributed by atoms with Crippen molar-refractivity contribution in [3.63, 3.8) is 0 Å². The molecule has 0 aromatic heterocycles. The van der Waals surface area contributed by atoms with Gasteiger partial charge in [-0.3, -0.25) is 25.0 Å². The standard InChI is InChI=1S/C22H16F3N3O6S.C17H18N2O6.C7H4BrF3O2S.C7H4BrF3S/c1-34-15-5-4-14-11-28(18(29)17(14)10-15)12-21(19(30)26-20(31)27-21)9-8-13-2-6-16(7-3-13)35(32,33)22(23,24)25;1-5-17(15(21)24-3,18-16(22)25-4)10-19-9-11-6-7-12(23-2)8-13(11)14(19)20;8-5-1-3-6(4-2-5)14(12,13)7(9,10)11;8-5-1-3-6(4-2-5)12-7(9,10)11/h2-7,10H,11-12H2,1H3,(H2,26,27,30,31);1,6-8H,9-10H2,2-4H3,(H,18,22);1-4H;1-4H/t21-;17-;;/m11../s1. The summed E-state index contributed by atoms with van der Waals surface area (Å²) in [5.41, 5.74) is -16.2. The van der Waals surface area contributed by atoms with Crippen molar-refractivity contribution in [1.29, 1.82) is 0 Å². The van der Waals surface area contributed by atoms with Gasteiger partial charge in [-0.25, -0.2) is 31.2 Å². The average Bonchev–Trinajstić information content (AvgIpc) is 1.80. The molecule has 0 unspecified atom stereocenters. The summed E-state index contributed by atoms with van der Waals surface area (Å²) in [6.45, 7) is -0.189. The summed E-state index contributed by atoms with van der Waals surface area (Å²) in [7, 11) is -5.52. The van der Waals surface area contributed by atoms with E-state index in [1.165, 1.54) is 48.3 Å². The quantitative estimate of drug-likeness (QED) is 0.0367. The number of urea groups is 1. The van der Waals surface area contributed by atoms with Gasteiger partial charge >= 0.3 is 34.6 Å². The number of carbonyl (C=O) groups excluding carboxylic acids is 6. The van der Waals surface area contributed by atoms with E-state index in [1.807, 2.05) is 0 Å². The van der Waals surface area contributed by atoms with Crippen molar-refractivity contribution < 1.29 is 104 Å². The largest absolute Gasteiger partial charge is 0.501 e. The molecule has 19 nitrogen and oxygen atoms in total. The number of hydrogen-bond acceptors (Lipinski definition) is 15. The van der Waals surface area contributed by atoms with E-state index < -0.39 is 87.0 Å². The fourth-order valence-corrected chi connectivity index (χ4v) is 10.2. The van der Waals surface area contributed by atoms with Gasteiger partial charge in [0, 0.05) is 43.6 Å². The number of alkyl halides is 9. The van der Waals surface area contributed by atoms with Gasteiger partial charge in [0.15, 0.2) is 0 Å². The Morgan fingerprint density at radius 3 is 1.53 bits per heavy atom. The summed E-state index contributed by atoms with van der Waals surface area (Å²) >= 11 is 6.01. The number of fused-ring (bicyclic) bond motifs is 2. The topological polar surface area (TPSA) is 250 Å². The fourth-order valence-electron chi connectivity index (χ4n) is 7.60. The number of imide groups is 1. The van der Waals surface area contributed by atoms with Gasteiger partial charge < -0.3 is 34.1 Å². The molecule has 5 aromatic rings. The lowest BCUT2D eigenvalue weighted by Crippen LogP contribution is -2.60. The molecule has 1 fully saturated rings. The Balaban J connectivity index is 0.000000229. The van der Waals surface area contributed by atoms with Crippen LogP contribution in [0.5, 0.6) is 11.5 Å². The number of alkyl carbamates (subject to hydrolysis) is 1. The Bertz CT molecular complexity index is 3750. The molecule has 3 N–H and O–H groups in total. The molecule has 3 heterocycles. The van der Waals surface area contributed by atoms with Crippen molar-refractivity contribution in [3.05, 3.63) is 146 Å². The lowest BCUT2D eigenvalue weighted by molar-refractivity contribution is -0.146. The smallest absolute Gasteiger partial charge is 0.497 e. The van der Waals surface area contributed by atoms with Crippen molar-refractivity contribution in [2.45, 2.75) is 55.4 Å². The van der Waals surface area contributed by atoms with E-state index in [0.29, 0.717) is 32.7 Å². The zero-order chi connectivity index (χ0) is 64.4. The lowest BCUT2D eigenvalue weighted by Gasteiger charge is -2.30. The second-order valence-corrected chi connectivity index (χ2v) is 24.3. The van der Waals surface area contributed by atoms with E-state index in [-0.39, 0.29) is 54.3 Å². The molecular formula is C53H42Br2F9N5O14S3. The van der Waals surface area contributed by atoms with E-state index in [0.717, 1.165) is 60.7 Å². The van der Waals surface area contributed by atoms with Gasteiger partial charge in [0.25, 0.3) is 37.4 Å². The number of halogens is 11. The van der Waals surface area contributed by atoms with E-state index in [1.54, 1.807) is 48.5 Å². The van der Waals surface area contributed by atoms with E-state index in [2.05, 4.69) is 70.3 Å². The van der Waals surface area contributed by atoms with Crippen LogP contribution in [0.25, 0.3) is 0 Å². The Morgan fingerprint density at radius 2 is 1.13 bits per heavy atom. The zero-order valence-corrected chi connectivity index (χ0v) is 49.9.